The van der Waals surface area contributed by atoms with Crippen molar-refractivity contribution >= 4 is 0 Å². The van der Waals surface area contributed by atoms with E-state index in [0.29, 0.717) is 17.9 Å². The number of rotatable bonds is 3. The number of aliphatic hydroxyl groups is 1. The summed E-state index contributed by atoms with van der Waals surface area (Å²) in [6.07, 6.45) is 6.13. The van der Waals surface area contributed by atoms with E-state index in [1.54, 1.807) is 0 Å². The first kappa shape index (κ1) is 14.3. The molecule has 3 nitrogen and oxygen atoms in total. The maximum atomic E-state index is 9.86. The van der Waals surface area contributed by atoms with Gasteiger partial charge in [-0.05, 0) is 43.6 Å². The van der Waals surface area contributed by atoms with Crippen LogP contribution in [0.3, 0.4) is 0 Å². The first-order valence-electron chi connectivity index (χ1n) is 7.77. The number of aliphatic hydroxyl groups excluding tert-OH is 1. The number of nitrogens with two attached hydrogens (primary N) is 1. The molecule has 2 fully saturated rings. The van der Waals surface area contributed by atoms with Gasteiger partial charge in [0.2, 0.25) is 0 Å². The van der Waals surface area contributed by atoms with Crippen molar-refractivity contribution in [3.05, 3.63) is 0 Å². The van der Waals surface area contributed by atoms with Crippen LogP contribution in [0.2, 0.25) is 0 Å². The van der Waals surface area contributed by atoms with Crippen molar-refractivity contribution in [2.75, 3.05) is 19.6 Å². The molecule has 5 unspecified atom stereocenters. The van der Waals surface area contributed by atoms with E-state index in [0.717, 1.165) is 32.0 Å². The Balaban J connectivity index is 1.99. The number of nitrogens with zero attached hydrogens (tertiary/aromatic N) is 1. The van der Waals surface area contributed by atoms with Gasteiger partial charge in [-0.2, -0.15) is 0 Å². The van der Waals surface area contributed by atoms with Crippen LogP contribution in [0.25, 0.3) is 0 Å². The summed E-state index contributed by atoms with van der Waals surface area (Å²) in [5.74, 6) is 1.98. The molecule has 1 heterocycles. The molecule has 0 aromatic rings. The van der Waals surface area contributed by atoms with Crippen molar-refractivity contribution in [3.63, 3.8) is 0 Å². The maximum Gasteiger partial charge on any atom is 0.0590 e. The van der Waals surface area contributed by atoms with Gasteiger partial charge < -0.3 is 10.8 Å². The van der Waals surface area contributed by atoms with Crippen molar-refractivity contribution in [2.24, 2.45) is 23.5 Å². The summed E-state index contributed by atoms with van der Waals surface area (Å²) in [6.45, 7) is 7.43. The minimum Gasteiger partial charge on any atom is -0.393 e. The second-order valence-corrected chi connectivity index (χ2v) is 6.48. The van der Waals surface area contributed by atoms with Gasteiger partial charge >= 0.3 is 0 Å². The molecule has 3 heteroatoms. The molecule has 0 amide bonds. The third-order valence-electron chi connectivity index (χ3n) is 5.31. The van der Waals surface area contributed by atoms with E-state index >= 15 is 0 Å². The van der Waals surface area contributed by atoms with Gasteiger partial charge in [-0.15, -0.1) is 0 Å². The predicted octanol–water partition coefficient (Wildman–Crippen LogP) is 1.84. The summed E-state index contributed by atoms with van der Waals surface area (Å²) >= 11 is 0. The topological polar surface area (TPSA) is 49.5 Å². The molecular formula is C15H30N2O. The lowest BCUT2D eigenvalue weighted by molar-refractivity contribution is -0.0109. The normalized spacial score (nSPS) is 43.0. The molecule has 0 aromatic heterocycles. The highest BCUT2D eigenvalue weighted by atomic mass is 16.3. The van der Waals surface area contributed by atoms with Crippen LogP contribution in [0.1, 0.15) is 46.0 Å². The second kappa shape index (κ2) is 6.36. The number of hydrogen-bond acceptors (Lipinski definition) is 3. The summed E-state index contributed by atoms with van der Waals surface area (Å²) in [5, 5.41) is 9.86. The fourth-order valence-electron chi connectivity index (χ4n) is 3.85. The van der Waals surface area contributed by atoms with Gasteiger partial charge in [0.15, 0.2) is 0 Å². The van der Waals surface area contributed by atoms with Crippen molar-refractivity contribution in [1.29, 1.82) is 0 Å². The summed E-state index contributed by atoms with van der Waals surface area (Å²) in [5.41, 5.74) is 5.97. The van der Waals surface area contributed by atoms with E-state index in [1.807, 2.05) is 0 Å². The molecular weight excluding hydrogens is 224 g/mol. The first-order valence-corrected chi connectivity index (χ1v) is 7.77. The lowest BCUT2D eigenvalue weighted by Crippen LogP contribution is -2.52. The van der Waals surface area contributed by atoms with Crippen molar-refractivity contribution in [3.8, 4) is 0 Å². The second-order valence-electron chi connectivity index (χ2n) is 6.48. The Kier molecular flexibility index (Phi) is 5.05. The highest BCUT2D eigenvalue weighted by Crippen LogP contribution is 2.35. The van der Waals surface area contributed by atoms with Gasteiger partial charge in [0.1, 0.15) is 0 Å². The molecule has 5 atom stereocenters. The summed E-state index contributed by atoms with van der Waals surface area (Å²) < 4.78 is 0. The summed E-state index contributed by atoms with van der Waals surface area (Å²) in [6, 6.07) is 0.670. The van der Waals surface area contributed by atoms with Gasteiger partial charge in [-0.1, -0.05) is 26.7 Å². The molecule has 2 rings (SSSR count). The molecule has 0 aromatic carbocycles. The van der Waals surface area contributed by atoms with Crippen LogP contribution in [0.5, 0.6) is 0 Å². The Morgan fingerprint density at radius 2 is 2.06 bits per heavy atom. The molecule has 106 valence electrons. The van der Waals surface area contributed by atoms with E-state index in [-0.39, 0.29) is 6.10 Å². The van der Waals surface area contributed by atoms with E-state index in [4.69, 9.17) is 5.73 Å². The van der Waals surface area contributed by atoms with Gasteiger partial charge in [0, 0.05) is 19.1 Å². The minimum atomic E-state index is -0.0943. The van der Waals surface area contributed by atoms with E-state index in [9.17, 15) is 5.11 Å². The lowest BCUT2D eigenvalue weighted by atomic mass is 9.75. The zero-order valence-corrected chi connectivity index (χ0v) is 12.0. The Morgan fingerprint density at radius 1 is 1.28 bits per heavy atom. The molecule has 0 spiro atoms. The Morgan fingerprint density at radius 3 is 2.67 bits per heavy atom. The van der Waals surface area contributed by atoms with Gasteiger partial charge in [-0.25, -0.2) is 0 Å². The average Bonchev–Trinajstić information content (AvgIpc) is 2.41. The highest BCUT2D eigenvalue weighted by molar-refractivity contribution is 4.90. The Labute approximate surface area is 112 Å². The van der Waals surface area contributed by atoms with Gasteiger partial charge in [0.25, 0.3) is 0 Å². The molecule has 1 aliphatic heterocycles. The number of hydrogen-bond donors (Lipinski definition) is 2. The molecule has 2 aliphatic rings. The minimum absolute atomic E-state index is 0.0943. The zero-order valence-electron chi connectivity index (χ0n) is 12.0. The monoisotopic (exact) mass is 254 g/mol. The largest absolute Gasteiger partial charge is 0.393 e. The van der Waals surface area contributed by atoms with Crippen LogP contribution in [-0.4, -0.2) is 41.8 Å². The third kappa shape index (κ3) is 3.06. The third-order valence-corrected chi connectivity index (χ3v) is 5.31. The molecule has 1 saturated carbocycles. The predicted molar refractivity (Wildman–Crippen MR) is 75.3 cm³/mol. The van der Waals surface area contributed by atoms with Crippen LogP contribution < -0.4 is 5.73 Å². The van der Waals surface area contributed by atoms with Crippen LogP contribution in [-0.2, 0) is 0 Å². The van der Waals surface area contributed by atoms with Crippen molar-refractivity contribution in [1.82, 2.24) is 4.90 Å². The molecule has 18 heavy (non-hydrogen) atoms. The van der Waals surface area contributed by atoms with Crippen LogP contribution in [0.4, 0.5) is 0 Å². The SMILES string of the molecule is CCC1CCC(CN)C(N2CCC(O)C(C)C2)C1. The van der Waals surface area contributed by atoms with Gasteiger partial charge in [0.05, 0.1) is 6.10 Å². The van der Waals surface area contributed by atoms with Crippen molar-refractivity contribution in [2.45, 2.75) is 58.1 Å². The van der Waals surface area contributed by atoms with E-state index < -0.39 is 0 Å². The molecule has 3 N–H and O–H groups in total. The summed E-state index contributed by atoms with van der Waals surface area (Å²) in [4.78, 5) is 2.62. The fraction of sp³-hybridized carbons (Fsp3) is 1.00. The van der Waals surface area contributed by atoms with Crippen LogP contribution >= 0.6 is 0 Å². The van der Waals surface area contributed by atoms with E-state index in [1.165, 1.54) is 25.7 Å². The first-order chi connectivity index (χ1) is 8.65. The molecule has 0 radical (unpaired) electrons. The number of likely N-dealkylation sites (tertiary alicyclic amines) is 1. The van der Waals surface area contributed by atoms with Gasteiger partial charge in [-0.3, -0.25) is 4.90 Å². The highest BCUT2D eigenvalue weighted by Gasteiger charge is 2.36. The molecule has 0 bridgehead atoms. The average molecular weight is 254 g/mol. The smallest absolute Gasteiger partial charge is 0.0590 e. The Hall–Kier alpha value is -0.120. The Bertz CT molecular complexity index is 259. The van der Waals surface area contributed by atoms with E-state index in [2.05, 4.69) is 18.7 Å². The van der Waals surface area contributed by atoms with Crippen molar-refractivity contribution < 1.29 is 5.11 Å². The standard InChI is InChI=1S/C15H30N2O/c1-3-12-4-5-13(9-16)14(8-12)17-7-6-15(18)11(2)10-17/h11-15,18H,3-10,16H2,1-2H3. The quantitative estimate of drug-likeness (QED) is 0.808. The zero-order chi connectivity index (χ0) is 13.1. The maximum absolute atomic E-state index is 9.86. The number of piperidine rings is 1. The van der Waals surface area contributed by atoms with Crippen LogP contribution in [0.15, 0.2) is 0 Å². The molecule has 1 aliphatic carbocycles. The summed E-state index contributed by atoms with van der Waals surface area (Å²) in [7, 11) is 0. The molecule has 1 saturated heterocycles. The fourth-order valence-corrected chi connectivity index (χ4v) is 3.85. The van der Waals surface area contributed by atoms with Crippen LogP contribution in [0, 0.1) is 17.8 Å². The lowest BCUT2D eigenvalue weighted by Gasteiger charge is -2.46.